The molecule has 2 N–H and O–H groups in total. The predicted molar refractivity (Wildman–Crippen MR) is 106 cm³/mol. The largest absolute Gasteiger partial charge is 0.416 e. The molecule has 0 aromatic heterocycles. The zero-order chi connectivity index (χ0) is 22.8. The summed E-state index contributed by atoms with van der Waals surface area (Å²) in [5, 5.41) is 5.45. The lowest BCUT2D eigenvalue weighted by Crippen LogP contribution is -2.58. The Morgan fingerprint density at radius 1 is 1.13 bits per heavy atom. The lowest BCUT2D eigenvalue weighted by molar-refractivity contribution is -0.138. The number of benzene rings is 2. The van der Waals surface area contributed by atoms with Crippen molar-refractivity contribution in [2.75, 3.05) is 4.90 Å². The summed E-state index contributed by atoms with van der Waals surface area (Å²) in [6.07, 6.45) is -3.90. The summed E-state index contributed by atoms with van der Waals surface area (Å²) in [6.45, 7) is 0. The highest BCUT2D eigenvalue weighted by molar-refractivity contribution is 9.10. The van der Waals surface area contributed by atoms with Gasteiger partial charge in [0.1, 0.15) is 0 Å². The zero-order valence-electron chi connectivity index (χ0n) is 15.3. The first-order valence-corrected chi connectivity index (χ1v) is 9.32. The quantitative estimate of drug-likeness (QED) is 0.385. The fraction of sp³-hybridized carbons (Fsp3) is 0.105. The third-order valence-corrected chi connectivity index (χ3v) is 4.66. The molecule has 12 heteroatoms. The van der Waals surface area contributed by atoms with Crippen molar-refractivity contribution >= 4 is 51.6 Å². The predicted octanol–water partition coefficient (Wildman–Crippen LogP) is 3.08. The van der Waals surface area contributed by atoms with Crippen LogP contribution in [0.4, 0.5) is 23.7 Å². The Morgan fingerprint density at radius 3 is 2.45 bits per heavy atom. The van der Waals surface area contributed by atoms with Gasteiger partial charge in [0.15, 0.2) is 5.92 Å². The van der Waals surface area contributed by atoms with Crippen LogP contribution < -0.4 is 15.6 Å². The normalized spacial score (nSPS) is 17.1. The number of rotatable bonds is 4. The van der Waals surface area contributed by atoms with Gasteiger partial charge in [0.25, 0.3) is 11.8 Å². The van der Waals surface area contributed by atoms with Crippen LogP contribution in [0.2, 0.25) is 0 Å². The third kappa shape index (κ3) is 4.97. The van der Waals surface area contributed by atoms with Gasteiger partial charge in [0.2, 0.25) is 5.91 Å². The molecule has 31 heavy (non-hydrogen) atoms. The standard InChI is InChI=1S/C19H12BrF3N4O4/c20-12-6-4-10(5-7-12)15(28)26-24-9-14-16(29)25-18(31)27(17(14)30)13-3-1-2-11(8-13)19(21,22)23/h1-9,14H,(H,26,28)(H,25,29,31)/b24-9-/t14-/m1/s1. The molecule has 160 valence electrons. The molecule has 0 radical (unpaired) electrons. The fourth-order valence-corrected chi connectivity index (χ4v) is 2.89. The van der Waals surface area contributed by atoms with Crippen LogP contribution in [0.5, 0.6) is 0 Å². The van der Waals surface area contributed by atoms with Crippen LogP contribution in [-0.4, -0.2) is 30.0 Å². The van der Waals surface area contributed by atoms with Gasteiger partial charge in [-0.2, -0.15) is 18.3 Å². The molecule has 0 spiro atoms. The second kappa shape index (κ2) is 8.68. The third-order valence-electron chi connectivity index (χ3n) is 4.13. The smallest absolute Gasteiger partial charge is 0.276 e. The van der Waals surface area contributed by atoms with Gasteiger partial charge < -0.3 is 0 Å². The second-order valence-electron chi connectivity index (χ2n) is 6.22. The van der Waals surface area contributed by atoms with Crippen LogP contribution in [0.15, 0.2) is 58.1 Å². The number of alkyl halides is 3. The van der Waals surface area contributed by atoms with Crippen molar-refractivity contribution in [2.24, 2.45) is 11.0 Å². The van der Waals surface area contributed by atoms with Gasteiger partial charge in [-0.1, -0.05) is 22.0 Å². The average Bonchev–Trinajstić information content (AvgIpc) is 2.70. The molecule has 2 aromatic carbocycles. The Bertz CT molecular complexity index is 1090. The lowest BCUT2D eigenvalue weighted by atomic mass is 10.1. The Hall–Kier alpha value is -3.54. The number of nitrogens with one attached hydrogen (secondary N) is 2. The van der Waals surface area contributed by atoms with Crippen LogP contribution in [0.25, 0.3) is 0 Å². The van der Waals surface area contributed by atoms with E-state index < -0.39 is 41.4 Å². The number of nitrogens with zero attached hydrogens (tertiary/aromatic N) is 2. The summed E-state index contributed by atoms with van der Waals surface area (Å²) in [7, 11) is 0. The molecule has 1 fully saturated rings. The summed E-state index contributed by atoms with van der Waals surface area (Å²) in [4.78, 5) is 49.2. The lowest BCUT2D eigenvalue weighted by Gasteiger charge is -2.28. The van der Waals surface area contributed by atoms with Gasteiger partial charge in [0, 0.05) is 16.3 Å². The molecule has 0 unspecified atom stereocenters. The first-order chi connectivity index (χ1) is 14.6. The first-order valence-electron chi connectivity index (χ1n) is 8.53. The van der Waals surface area contributed by atoms with E-state index in [1.807, 2.05) is 5.32 Å². The van der Waals surface area contributed by atoms with Crippen molar-refractivity contribution in [3.8, 4) is 0 Å². The summed E-state index contributed by atoms with van der Waals surface area (Å²) < 4.78 is 39.6. The molecular weight excluding hydrogens is 485 g/mol. The van der Waals surface area contributed by atoms with Gasteiger partial charge in [0.05, 0.1) is 11.3 Å². The fourth-order valence-electron chi connectivity index (χ4n) is 2.62. The van der Waals surface area contributed by atoms with Gasteiger partial charge in [-0.15, -0.1) is 0 Å². The van der Waals surface area contributed by atoms with Gasteiger partial charge >= 0.3 is 12.2 Å². The molecular formula is C19H12BrF3N4O4. The molecule has 0 bridgehead atoms. The van der Waals surface area contributed by atoms with Crippen molar-refractivity contribution < 1.29 is 32.3 Å². The molecule has 2 aromatic rings. The van der Waals surface area contributed by atoms with E-state index in [9.17, 15) is 32.3 Å². The van der Waals surface area contributed by atoms with Gasteiger partial charge in [-0.25, -0.2) is 15.1 Å². The van der Waals surface area contributed by atoms with Crippen LogP contribution in [0, 0.1) is 5.92 Å². The monoisotopic (exact) mass is 496 g/mol. The van der Waals surface area contributed by atoms with Crippen molar-refractivity contribution in [3.63, 3.8) is 0 Å². The summed E-state index contributed by atoms with van der Waals surface area (Å²) in [6, 6.07) is 8.57. The van der Waals surface area contributed by atoms with E-state index in [0.29, 0.717) is 11.0 Å². The Kier molecular flexibility index (Phi) is 6.20. The molecule has 0 aliphatic carbocycles. The van der Waals surface area contributed by atoms with Crippen LogP contribution in [0.3, 0.4) is 0 Å². The van der Waals surface area contributed by atoms with Gasteiger partial charge in [-0.05, 0) is 42.5 Å². The van der Waals surface area contributed by atoms with E-state index >= 15 is 0 Å². The second-order valence-corrected chi connectivity index (χ2v) is 7.14. The van der Waals surface area contributed by atoms with E-state index in [2.05, 4.69) is 26.5 Å². The Labute approximate surface area is 181 Å². The highest BCUT2D eigenvalue weighted by Gasteiger charge is 2.41. The number of anilines is 1. The van der Waals surface area contributed by atoms with E-state index in [1.165, 1.54) is 12.1 Å². The average molecular weight is 497 g/mol. The maximum atomic E-state index is 13.0. The van der Waals surface area contributed by atoms with Crippen molar-refractivity contribution in [2.45, 2.75) is 6.18 Å². The van der Waals surface area contributed by atoms with Crippen LogP contribution >= 0.6 is 15.9 Å². The van der Waals surface area contributed by atoms with Crippen molar-refractivity contribution in [1.29, 1.82) is 0 Å². The SMILES string of the molecule is O=C(N/N=C\[C@@H]1C(=O)NC(=O)N(c2cccc(C(F)(F)F)c2)C1=O)c1ccc(Br)cc1. The van der Waals surface area contributed by atoms with Gasteiger partial charge in [-0.3, -0.25) is 19.7 Å². The number of hydrazone groups is 1. The maximum Gasteiger partial charge on any atom is 0.416 e. The number of carbonyl (C=O) groups excluding carboxylic acids is 4. The number of barbiturate groups is 1. The topological polar surface area (TPSA) is 108 Å². The number of amides is 5. The van der Waals surface area contributed by atoms with Crippen LogP contribution in [-0.2, 0) is 15.8 Å². The minimum absolute atomic E-state index is 0.251. The number of hydrogen-bond acceptors (Lipinski definition) is 5. The molecule has 1 saturated heterocycles. The maximum absolute atomic E-state index is 13.0. The number of hydrogen-bond donors (Lipinski definition) is 2. The highest BCUT2D eigenvalue weighted by atomic mass is 79.9. The highest BCUT2D eigenvalue weighted by Crippen LogP contribution is 2.32. The molecule has 8 nitrogen and oxygen atoms in total. The summed E-state index contributed by atoms with van der Waals surface area (Å²) >= 11 is 3.22. The van der Waals surface area contributed by atoms with Crippen molar-refractivity contribution in [3.05, 3.63) is 64.1 Å². The van der Waals surface area contributed by atoms with E-state index in [4.69, 9.17) is 0 Å². The number of halogens is 4. The minimum Gasteiger partial charge on any atom is -0.276 e. The minimum atomic E-state index is -4.70. The van der Waals surface area contributed by atoms with Crippen LogP contribution in [0.1, 0.15) is 15.9 Å². The number of imide groups is 2. The van der Waals surface area contributed by atoms with E-state index in [0.717, 1.165) is 28.9 Å². The first kappa shape index (κ1) is 22.2. The molecule has 1 aliphatic heterocycles. The Balaban J connectivity index is 1.79. The molecule has 1 atom stereocenters. The molecule has 3 rings (SSSR count). The summed E-state index contributed by atoms with van der Waals surface area (Å²) in [5.41, 5.74) is 0.935. The molecule has 1 heterocycles. The zero-order valence-corrected chi connectivity index (χ0v) is 16.9. The van der Waals surface area contributed by atoms with E-state index in [1.54, 1.807) is 12.1 Å². The van der Waals surface area contributed by atoms with E-state index in [-0.39, 0.29) is 11.3 Å². The number of urea groups is 1. The molecule has 1 aliphatic rings. The summed E-state index contributed by atoms with van der Waals surface area (Å²) in [5.74, 6) is -4.41. The Morgan fingerprint density at radius 2 is 1.81 bits per heavy atom. The molecule has 5 amide bonds. The van der Waals surface area contributed by atoms with Crippen molar-refractivity contribution in [1.82, 2.24) is 10.7 Å². The number of carbonyl (C=O) groups is 4. The molecule has 0 saturated carbocycles.